The molecule has 0 fully saturated rings. The van der Waals surface area contributed by atoms with Crippen LogP contribution < -0.4 is 5.19 Å². The molecule has 0 saturated heterocycles. The first-order valence-corrected chi connectivity index (χ1v) is 7.90. The van der Waals surface area contributed by atoms with Gasteiger partial charge in [-0.05, 0) is 25.0 Å². The smallest absolute Gasteiger partial charge is 0.0654 e. The van der Waals surface area contributed by atoms with E-state index in [2.05, 4.69) is 38.2 Å². The van der Waals surface area contributed by atoms with Gasteiger partial charge < -0.3 is 0 Å². The molecule has 0 N–H and O–H groups in total. The highest BCUT2D eigenvalue weighted by Gasteiger charge is 2.31. The van der Waals surface area contributed by atoms with Crippen LogP contribution in [0.2, 0.25) is 19.1 Å². The van der Waals surface area contributed by atoms with E-state index in [0.717, 1.165) is 0 Å². The minimum atomic E-state index is -0.992. The molecule has 0 nitrogen and oxygen atoms in total. The number of fused-ring (bicyclic) bond motifs is 1. The molecule has 0 unspecified atom stereocenters. The highest BCUT2D eigenvalue weighted by molar-refractivity contribution is 6.91. The number of hydrogen-bond acceptors (Lipinski definition) is 0. The standard InChI is InChI=1S/C11H16Si/c1-9-4-5-10-6-7-12(2,3)11(10)8-9/h4-5,8H,6-7H2,1-3H3. The first-order chi connectivity index (χ1) is 5.59. The molecule has 1 aromatic rings. The second-order valence-corrected chi connectivity index (χ2v) is 9.35. The van der Waals surface area contributed by atoms with Gasteiger partial charge in [-0.15, -0.1) is 0 Å². The Morgan fingerprint density at radius 1 is 1.25 bits per heavy atom. The third-order valence-electron chi connectivity index (χ3n) is 3.01. The molecule has 1 aliphatic heterocycles. The van der Waals surface area contributed by atoms with E-state index in [-0.39, 0.29) is 0 Å². The van der Waals surface area contributed by atoms with Crippen LogP contribution in [0.15, 0.2) is 18.2 Å². The quantitative estimate of drug-likeness (QED) is 0.533. The van der Waals surface area contributed by atoms with E-state index in [1.54, 1.807) is 10.8 Å². The van der Waals surface area contributed by atoms with Crippen LogP contribution in [0.25, 0.3) is 0 Å². The number of benzene rings is 1. The van der Waals surface area contributed by atoms with Gasteiger partial charge in [0.1, 0.15) is 0 Å². The summed E-state index contributed by atoms with van der Waals surface area (Å²) in [7, 11) is -0.992. The topological polar surface area (TPSA) is 0 Å². The summed E-state index contributed by atoms with van der Waals surface area (Å²) >= 11 is 0. The van der Waals surface area contributed by atoms with Crippen molar-refractivity contribution in [3.63, 3.8) is 0 Å². The largest absolute Gasteiger partial charge is 0.0813 e. The van der Waals surface area contributed by atoms with E-state index in [1.165, 1.54) is 18.0 Å². The lowest BCUT2D eigenvalue weighted by Gasteiger charge is -2.16. The maximum Gasteiger partial charge on any atom is 0.0813 e. The monoisotopic (exact) mass is 176 g/mol. The number of rotatable bonds is 0. The van der Waals surface area contributed by atoms with Crippen molar-refractivity contribution in [2.24, 2.45) is 0 Å². The molecule has 0 radical (unpaired) electrons. The van der Waals surface area contributed by atoms with Gasteiger partial charge in [-0.3, -0.25) is 0 Å². The van der Waals surface area contributed by atoms with E-state index in [0.29, 0.717) is 0 Å². The summed E-state index contributed by atoms with van der Waals surface area (Å²) < 4.78 is 0. The fourth-order valence-electron chi connectivity index (χ4n) is 2.12. The Morgan fingerprint density at radius 3 is 2.75 bits per heavy atom. The molecule has 0 saturated carbocycles. The van der Waals surface area contributed by atoms with Crippen LogP contribution in [0.4, 0.5) is 0 Å². The average Bonchev–Trinajstić information content (AvgIpc) is 2.28. The predicted octanol–water partition coefficient (Wildman–Crippen LogP) is 2.47. The first-order valence-electron chi connectivity index (χ1n) is 4.70. The van der Waals surface area contributed by atoms with Crippen LogP contribution in [-0.4, -0.2) is 8.07 Å². The molecule has 0 bridgehead atoms. The van der Waals surface area contributed by atoms with Crippen molar-refractivity contribution in [3.05, 3.63) is 29.3 Å². The predicted molar refractivity (Wildman–Crippen MR) is 56.8 cm³/mol. The normalized spacial score (nSPS) is 19.2. The van der Waals surface area contributed by atoms with Crippen molar-refractivity contribution >= 4 is 13.3 Å². The van der Waals surface area contributed by atoms with E-state index in [1.807, 2.05) is 0 Å². The van der Waals surface area contributed by atoms with Crippen molar-refractivity contribution in [3.8, 4) is 0 Å². The molecule has 1 heterocycles. The highest BCUT2D eigenvalue weighted by atomic mass is 28.3. The third kappa shape index (κ3) is 1.12. The van der Waals surface area contributed by atoms with Gasteiger partial charge in [0, 0.05) is 0 Å². The van der Waals surface area contributed by atoms with Crippen LogP contribution in [0, 0.1) is 6.92 Å². The summed E-state index contributed by atoms with van der Waals surface area (Å²) in [5.74, 6) is 0. The summed E-state index contributed by atoms with van der Waals surface area (Å²) in [4.78, 5) is 0. The lowest BCUT2D eigenvalue weighted by molar-refractivity contribution is 1.16. The summed E-state index contributed by atoms with van der Waals surface area (Å²) in [5, 5.41) is 1.71. The molecule has 0 amide bonds. The fourth-order valence-corrected chi connectivity index (χ4v) is 4.98. The summed E-state index contributed by atoms with van der Waals surface area (Å²) in [5.41, 5.74) is 3.05. The summed E-state index contributed by atoms with van der Waals surface area (Å²) in [6, 6.07) is 8.43. The summed E-state index contributed by atoms with van der Waals surface area (Å²) in [6.45, 7) is 7.17. The molecule has 1 aromatic carbocycles. The zero-order chi connectivity index (χ0) is 8.77. The van der Waals surface area contributed by atoms with Crippen LogP contribution in [0.5, 0.6) is 0 Å². The van der Waals surface area contributed by atoms with Gasteiger partial charge in [0.25, 0.3) is 0 Å². The van der Waals surface area contributed by atoms with Crippen LogP contribution in [-0.2, 0) is 6.42 Å². The van der Waals surface area contributed by atoms with Gasteiger partial charge in [0.15, 0.2) is 0 Å². The lowest BCUT2D eigenvalue weighted by atomic mass is 10.1. The highest BCUT2D eigenvalue weighted by Crippen LogP contribution is 2.23. The second-order valence-electron chi connectivity index (χ2n) is 4.54. The average molecular weight is 176 g/mol. The minimum absolute atomic E-state index is 0.992. The zero-order valence-electron chi connectivity index (χ0n) is 8.15. The Balaban J connectivity index is 2.57. The second kappa shape index (κ2) is 2.46. The van der Waals surface area contributed by atoms with Gasteiger partial charge in [-0.25, -0.2) is 0 Å². The van der Waals surface area contributed by atoms with Crippen molar-refractivity contribution in [1.82, 2.24) is 0 Å². The molecular weight excluding hydrogens is 160 g/mol. The van der Waals surface area contributed by atoms with Crippen LogP contribution in [0.1, 0.15) is 11.1 Å². The van der Waals surface area contributed by atoms with Crippen molar-refractivity contribution in [2.45, 2.75) is 32.5 Å². The molecular formula is C11H16Si. The SMILES string of the molecule is Cc1ccc2c(c1)[Si](C)(C)CC2. The van der Waals surface area contributed by atoms with Crippen LogP contribution >= 0.6 is 0 Å². The summed E-state index contributed by atoms with van der Waals surface area (Å²) in [6.07, 6.45) is 1.33. The van der Waals surface area contributed by atoms with Crippen molar-refractivity contribution in [2.75, 3.05) is 0 Å². The van der Waals surface area contributed by atoms with Gasteiger partial charge in [0.2, 0.25) is 0 Å². The van der Waals surface area contributed by atoms with E-state index in [9.17, 15) is 0 Å². The fraction of sp³-hybridized carbons (Fsp3) is 0.455. The van der Waals surface area contributed by atoms with Gasteiger partial charge in [-0.2, -0.15) is 0 Å². The maximum absolute atomic E-state index is 2.48. The number of hydrogen-bond donors (Lipinski definition) is 0. The first kappa shape index (κ1) is 8.05. The maximum atomic E-state index is 2.48. The number of aryl methyl sites for hydroxylation is 2. The van der Waals surface area contributed by atoms with Crippen LogP contribution in [0.3, 0.4) is 0 Å². The molecule has 2 rings (SSSR count). The van der Waals surface area contributed by atoms with Crippen molar-refractivity contribution in [1.29, 1.82) is 0 Å². The lowest BCUT2D eigenvalue weighted by Crippen LogP contribution is -2.37. The zero-order valence-corrected chi connectivity index (χ0v) is 9.15. The minimum Gasteiger partial charge on any atom is -0.0654 e. The Labute approximate surface area is 75.6 Å². The van der Waals surface area contributed by atoms with Gasteiger partial charge in [-0.1, -0.05) is 42.0 Å². The molecule has 0 aliphatic carbocycles. The Bertz CT molecular complexity index is 313. The molecule has 64 valence electrons. The van der Waals surface area contributed by atoms with Crippen molar-refractivity contribution < 1.29 is 0 Å². The van der Waals surface area contributed by atoms with E-state index >= 15 is 0 Å². The molecule has 0 aromatic heterocycles. The Kier molecular flexibility index (Phi) is 1.65. The third-order valence-corrected chi connectivity index (χ3v) is 6.44. The molecule has 0 spiro atoms. The molecule has 12 heavy (non-hydrogen) atoms. The van der Waals surface area contributed by atoms with E-state index in [4.69, 9.17) is 0 Å². The van der Waals surface area contributed by atoms with Gasteiger partial charge >= 0.3 is 0 Å². The molecule has 1 aliphatic rings. The molecule has 0 atom stereocenters. The Hall–Kier alpha value is -0.563. The van der Waals surface area contributed by atoms with E-state index < -0.39 is 8.07 Å². The Morgan fingerprint density at radius 2 is 2.00 bits per heavy atom. The molecule has 1 heteroatoms. The van der Waals surface area contributed by atoms with Gasteiger partial charge in [0.05, 0.1) is 8.07 Å².